The minimum absolute atomic E-state index is 0.280. The van der Waals surface area contributed by atoms with Gasteiger partial charge in [-0.1, -0.05) is 23.7 Å². The standard InChI is InChI=1S/C33H36ClFN4O4/c1-33(25-10-9-23(34)19-26(25)35)42-29-7-5-6-24(31(29)43-33)21-12-14-38(15-13-21)20-30-36-27-11-8-22(32(40)41-4)18-28(27)39(30)17-16-37(2)3/h5-11,18-19,21H,12-17,20H2,1-4H3. The van der Waals surface area contributed by atoms with Gasteiger partial charge in [0, 0.05) is 30.6 Å². The van der Waals surface area contributed by atoms with E-state index in [1.165, 1.54) is 13.2 Å². The molecule has 1 unspecified atom stereocenters. The second kappa shape index (κ2) is 11.8. The van der Waals surface area contributed by atoms with Crippen LogP contribution < -0.4 is 9.47 Å². The number of carbonyl (C=O) groups excluding carboxylic acids is 1. The minimum atomic E-state index is -1.27. The number of carbonyl (C=O) groups is 1. The van der Waals surface area contributed by atoms with E-state index in [1.807, 2.05) is 38.4 Å². The molecule has 3 heterocycles. The van der Waals surface area contributed by atoms with E-state index in [1.54, 1.807) is 25.1 Å². The summed E-state index contributed by atoms with van der Waals surface area (Å²) in [6.45, 7) is 5.85. The Morgan fingerprint density at radius 1 is 1.14 bits per heavy atom. The molecule has 8 nitrogen and oxygen atoms in total. The van der Waals surface area contributed by atoms with Gasteiger partial charge >= 0.3 is 5.97 Å². The van der Waals surface area contributed by atoms with Gasteiger partial charge in [0.25, 0.3) is 5.79 Å². The maximum Gasteiger partial charge on any atom is 0.337 e. The fourth-order valence-corrected chi connectivity index (χ4v) is 6.29. The van der Waals surface area contributed by atoms with Crippen LogP contribution in [0.5, 0.6) is 11.5 Å². The zero-order chi connectivity index (χ0) is 30.3. The molecular weight excluding hydrogens is 571 g/mol. The van der Waals surface area contributed by atoms with Crippen LogP contribution in [0.3, 0.4) is 0 Å². The topological polar surface area (TPSA) is 69.1 Å². The summed E-state index contributed by atoms with van der Waals surface area (Å²) in [6.07, 6.45) is 1.88. The average Bonchev–Trinajstić information content (AvgIpc) is 3.52. The first kappa shape index (κ1) is 29.4. The maximum atomic E-state index is 14.8. The van der Waals surface area contributed by atoms with E-state index in [-0.39, 0.29) is 11.9 Å². The number of esters is 1. The molecule has 226 valence electrons. The van der Waals surface area contributed by atoms with Crippen LogP contribution in [0.4, 0.5) is 4.39 Å². The monoisotopic (exact) mass is 606 g/mol. The third-order valence-electron chi connectivity index (χ3n) is 8.44. The van der Waals surface area contributed by atoms with Crippen molar-refractivity contribution in [3.63, 3.8) is 0 Å². The van der Waals surface area contributed by atoms with Gasteiger partial charge in [-0.2, -0.15) is 0 Å². The van der Waals surface area contributed by atoms with Gasteiger partial charge in [-0.3, -0.25) is 4.90 Å². The van der Waals surface area contributed by atoms with E-state index in [9.17, 15) is 9.18 Å². The highest BCUT2D eigenvalue weighted by Crippen LogP contribution is 2.49. The number of hydrogen-bond donors (Lipinski definition) is 0. The van der Waals surface area contributed by atoms with Crippen molar-refractivity contribution in [1.29, 1.82) is 0 Å². The predicted octanol–water partition coefficient (Wildman–Crippen LogP) is 6.20. The Bertz CT molecular complexity index is 1670. The van der Waals surface area contributed by atoms with E-state index in [4.69, 9.17) is 30.8 Å². The largest absolute Gasteiger partial charge is 0.465 e. The number of rotatable bonds is 8. The molecule has 3 aromatic carbocycles. The Labute approximate surface area is 255 Å². The maximum absolute atomic E-state index is 14.8. The SMILES string of the molecule is COC(=O)c1ccc2nc(CN3CCC(c4cccc5c4OC(C)(c4ccc(Cl)cc4F)O5)CC3)n(CCN(C)C)c2c1. The van der Waals surface area contributed by atoms with Gasteiger partial charge in [-0.25, -0.2) is 14.2 Å². The zero-order valence-electron chi connectivity index (χ0n) is 24.9. The minimum Gasteiger partial charge on any atom is -0.465 e. The lowest BCUT2D eigenvalue weighted by molar-refractivity contribution is -0.0712. The van der Waals surface area contributed by atoms with Gasteiger partial charge in [0.15, 0.2) is 11.5 Å². The molecule has 2 aliphatic rings. The predicted molar refractivity (Wildman–Crippen MR) is 163 cm³/mol. The number of benzene rings is 3. The third-order valence-corrected chi connectivity index (χ3v) is 8.68. The normalized spacial score (nSPS) is 19.0. The number of imidazole rings is 1. The molecule has 0 saturated carbocycles. The van der Waals surface area contributed by atoms with Gasteiger partial charge in [0.05, 0.1) is 35.8 Å². The van der Waals surface area contributed by atoms with Crippen LogP contribution >= 0.6 is 11.6 Å². The average molecular weight is 607 g/mol. The van der Waals surface area contributed by atoms with Crippen molar-refractivity contribution in [2.75, 3.05) is 40.8 Å². The first-order valence-electron chi connectivity index (χ1n) is 14.6. The number of piperidine rings is 1. The molecule has 1 atom stereocenters. The Kier molecular flexibility index (Phi) is 8.06. The molecule has 43 heavy (non-hydrogen) atoms. The van der Waals surface area contributed by atoms with Crippen LogP contribution in [0.15, 0.2) is 54.6 Å². The highest BCUT2D eigenvalue weighted by Gasteiger charge is 2.43. The number of likely N-dealkylation sites (tertiary alicyclic amines) is 1. The lowest BCUT2D eigenvalue weighted by Crippen LogP contribution is -2.34. The summed E-state index contributed by atoms with van der Waals surface area (Å²) in [4.78, 5) is 21.7. The van der Waals surface area contributed by atoms with Gasteiger partial charge in [0.1, 0.15) is 11.6 Å². The molecule has 0 spiro atoms. The van der Waals surface area contributed by atoms with Crippen LogP contribution in [0, 0.1) is 5.82 Å². The Morgan fingerprint density at radius 2 is 1.93 bits per heavy atom. The Balaban J connectivity index is 1.18. The lowest BCUT2D eigenvalue weighted by atomic mass is 9.88. The van der Waals surface area contributed by atoms with Gasteiger partial charge in [0.2, 0.25) is 0 Å². The summed E-state index contributed by atoms with van der Waals surface area (Å²) in [5.74, 6) is 0.481. The van der Waals surface area contributed by atoms with E-state index in [0.717, 1.165) is 61.4 Å². The summed E-state index contributed by atoms with van der Waals surface area (Å²) >= 11 is 5.98. The van der Waals surface area contributed by atoms with E-state index >= 15 is 0 Å². The molecule has 0 bridgehead atoms. The van der Waals surface area contributed by atoms with Crippen LogP contribution in [-0.2, 0) is 23.6 Å². The zero-order valence-corrected chi connectivity index (χ0v) is 25.7. The smallest absolute Gasteiger partial charge is 0.337 e. The molecule has 1 saturated heterocycles. The number of fused-ring (bicyclic) bond motifs is 2. The number of aromatic nitrogens is 2. The van der Waals surface area contributed by atoms with Crippen molar-refractivity contribution in [3.8, 4) is 11.5 Å². The molecule has 1 aromatic heterocycles. The molecule has 0 N–H and O–H groups in total. The van der Waals surface area contributed by atoms with Crippen molar-refractivity contribution in [3.05, 3.63) is 88.0 Å². The number of ether oxygens (including phenoxy) is 3. The van der Waals surface area contributed by atoms with Gasteiger partial charge < -0.3 is 23.7 Å². The first-order chi connectivity index (χ1) is 20.6. The summed E-state index contributed by atoms with van der Waals surface area (Å²) in [6, 6.07) is 16.0. The molecule has 0 radical (unpaired) electrons. The van der Waals surface area contributed by atoms with E-state index in [0.29, 0.717) is 34.2 Å². The first-order valence-corrected chi connectivity index (χ1v) is 14.9. The van der Waals surface area contributed by atoms with Crippen molar-refractivity contribution >= 4 is 28.6 Å². The summed E-state index contributed by atoms with van der Waals surface area (Å²) in [5.41, 5.74) is 3.72. The van der Waals surface area contributed by atoms with Gasteiger partial charge in [-0.15, -0.1) is 0 Å². The third kappa shape index (κ3) is 5.81. The van der Waals surface area contributed by atoms with Crippen LogP contribution in [0.25, 0.3) is 11.0 Å². The van der Waals surface area contributed by atoms with Crippen LogP contribution in [0.1, 0.15) is 53.0 Å². The fourth-order valence-electron chi connectivity index (χ4n) is 6.13. The Morgan fingerprint density at radius 3 is 2.65 bits per heavy atom. The molecule has 1 fully saturated rings. The molecule has 2 aliphatic heterocycles. The number of likely N-dealkylation sites (N-methyl/N-ethyl adjacent to an activating group) is 1. The Hall–Kier alpha value is -3.66. The molecule has 10 heteroatoms. The number of para-hydroxylation sites is 1. The highest BCUT2D eigenvalue weighted by atomic mass is 35.5. The quantitative estimate of drug-likeness (QED) is 0.221. The molecule has 6 rings (SSSR count). The second-order valence-corrected chi connectivity index (χ2v) is 12.1. The van der Waals surface area contributed by atoms with Crippen molar-refractivity contribution < 1.29 is 23.4 Å². The van der Waals surface area contributed by atoms with Crippen molar-refractivity contribution in [2.45, 2.75) is 44.6 Å². The highest BCUT2D eigenvalue weighted by molar-refractivity contribution is 6.30. The molecule has 0 amide bonds. The van der Waals surface area contributed by atoms with Crippen LogP contribution in [0.2, 0.25) is 5.02 Å². The number of nitrogens with zero attached hydrogens (tertiary/aromatic N) is 4. The molecule has 0 aliphatic carbocycles. The van der Waals surface area contributed by atoms with Crippen molar-refractivity contribution in [2.24, 2.45) is 0 Å². The number of methoxy groups -OCH3 is 1. The molecular formula is C33H36ClFN4O4. The summed E-state index contributed by atoms with van der Waals surface area (Å²) in [5, 5.41) is 0.326. The number of hydrogen-bond acceptors (Lipinski definition) is 7. The number of halogens is 2. The molecule has 4 aromatic rings. The van der Waals surface area contributed by atoms with E-state index < -0.39 is 11.6 Å². The second-order valence-electron chi connectivity index (χ2n) is 11.7. The summed E-state index contributed by atoms with van der Waals surface area (Å²) in [7, 11) is 5.49. The van der Waals surface area contributed by atoms with Crippen LogP contribution in [-0.4, -0.2) is 66.2 Å². The summed E-state index contributed by atoms with van der Waals surface area (Å²) < 4.78 is 34.5. The van der Waals surface area contributed by atoms with E-state index in [2.05, 4.69) is 20.4 Å². The van der Waals surface area contributed by atoms with Crippen molar-refractivity contribution in [1.82, 2.24) is 19.4 Å². The van der Waals surface area contributed by atoms with Gasteiger partial charge in [-0.05, 0) is 88.4 Å². The lowest BCUT2D eigenvalue weighted by Gasteiger charge is -2.32. The fraction of sp³-hybridized carbons (Fsp3) is 0.394.